The molecule has 1 aliphatic heterocycles. The zero-order chi connectivity index (χ0) is 20.7. The molecule has 0 aliphatic carbocycles. The molecule has 1 saturated heterocycles. The number of nitrogens with zero attached hydrogens (tertiary/aromatic N) is 3. The molecule has 9 heteroatoms. The van der Waals surface area contributed by atoms with Gasteiger partial charge in [-0.25, -0.2) is 8.91 Å². The summed E-state index contributed by atoms with van der Waals surface area (Å²) in [5.74, 6) is 0.591. The fourth-order valence-electron chi connectivity index (χ4n) is 3.71. The molecule has 0 bridgehead atoms. The lowest BCUT2D eigenvalue weighted by Crippen LogP contribution is -2.41. The molecular formula is C21H22FN5O3. The Morgan fingerprint density at radius 1 is 1.30 bits per heavy atom. The predicted octanol–water partition coefficient (Wildman–Crippen LogP) is 3.13. The topological polar surface area (TPSA) is 85.7 Å². The number of hydrogen-bond donors (Lipinski definition) is 2. The van der Waals surface area contributed by atoms with Crippen molar-refractivity contribution in [1.29, 1.82) is 0 Å². The van der Waals surface area contributed by atoms with E-state index in [9.17, 15) is 4.39 Å². The summed E-state index contributed by atoms with van der Waals surface area (Å²) in [5, 5.41) is 8.00. The lowest BCUT2D eigenvalue weighted by atomic mass is 10.2. The number of rotatable bonds is 5. The number of ether oxygens (including phenoxy) is 3. The van der Waals surface area contributed by atoms with Crippen molar-refractivity contribution in [2.75, 3.05) is 26.3 Å². The zero-order valence-corrected chi connectivity index (χ0v) is 16.7. The number of nitrogens with one attached hydrogen (secondary N) is 2. The van der Waals surface area contributed by atoms with Crippen molar-refractivity contribution in [3.05, 3.63) is 47.8 Å². The van der Waals surface area contributed by atoms with Gasteiger partial charge in [0.2, 0.25) is 5.88 Å². The van der Waals surface area contributed by atoms with E-state index in [2.05, 4.69) is 20.4 Å². The van der Waals surface area contributed by atoms with E-state index in [0.717, 1.165) is 29.9 Å². The van der Waals surface area contributed by atoms with E-state index in [0.29, 0.717) is 29.9 Å². The van der Waals surface area contributed by atoms with Gasteiger partial charge in [0.25, 0.3) is 0 Å². The molecule has 0 unspecified atom stereocenters. The van der Waals surface area contributed by atoms with Crippen LogP contribution in [0.3, 0.4) is 0 Å². The van der Waals surface area contributed by atoms with Gasteiger partial charge in [0.1, 0.15) is 30.3 Å². The summed E-state index contributed by atoms with van der Waals surface area (Å²) in [7, 11) is 0. The Kier molecular flexibility index (Phi) is 4.76. The Labute approximate surface area is 172 Å². The van der Waals surface area contributed by atoms with Gasteiger partial charge < -0.3 is 24.5 Å². The van der Waals surface area contributed by atoms with E-state index in [-0.39, 0.29) is 17.7 Å². The Hall–Kier alpha value is -3.17. The number of aryl methyl sites for hydroxylation is 2. The van der Waals surface area contributed by atoms with E-state index in [4.69, 9.17) is 14.2 Å². The van der Waals surface area contributed by atoms with Crippen molar-refractivity contribution in [3.8, 4) is 17.4 Å². The summed E-state index contributed by atoms with van der Waals surface area (Å²) in [4.78, 5) is 7.35. The highest BCUT2D eigenvalue weighted by molar-refractivity contribution is 5.83. The average molecular weight is 411 g/mol. The second-order valence-corrected chi connectivity index (χ2v) is 7.38. The first-order chi connectivity index (χ1) is 14.6. The summed E-state index contributed by atoms with van der Waals surface area (Å²) < 4.78 is 34.1. The van der Waals surface area contributed by atoms with Crippen LogP contribution in [0.2, 0.25) is 0 Å². The van der Waals surface area contributed by atoms with Gasteiger partial charge in [-0.3, -0.25) is 0 Å². The zero-order valence-electron chi connectivity index (χ0n) is 16.7. The van der Waals surface area contributed by atoms with Crippen LogP contribution in [-0.2, 0) is 4.74 Å². The normalized spacial score (nSPS) is 17.0. The molecule has 8 nitrogen and oxygen atoms in total. The van der Waals surface area contributed by atoms with Crippen LogP contribution in [0.1, 0.15) is 11.3 Å². The van der Waals surface area contributed by atoms with Crippen LogP contribution in [0.25, 0.3) is 16.4 Å². The average Bonchev–Trinajstić information content (AvgIpc) is 3.30. The van der Waals surface area contributed by atoms with Crippen molar-refractivity contribution in [1.82, 2.24) is 24.9 Å². The smallest absolute Gasteiger partial charge is 0.247 e. The molecule has 5 rings (SSSR count). The number of aromatic amines is 1. The second-order valence-electron chi connectivity index (χ2n) is 7.38. The van der Waals surface area contributed by atoms with Crippen LogP contribution in [0.15, 0.2) is 30.7 Å². The van der Waals surface area contributed by atoms with Gasteiger partial charge in [0.05, 0.1) is 12.8 Å². The molecule has 0 radical (unpaired) electrons. The first-order valence-corrected chi connectivity index (χ1v) is 9.84. The minimum absolute atomic E-state index is 0.00593. The van der Waals surface area contributed by atoms with Gasteiger partial charge in [-0.1, -0.05) is 0 Å². The van der Waals surface area contributed by atoms with Crippen molar-refractivity contribution < 1.29 is 18.6 Å². The van der Waals surface area contributed by atoms with Gasteiger partial charge >= 0.3 is 0 Å². The lowest BCUT2D eigenvalue weighted by Gasteiger charge is -2.23. The Morgan fingerprint density at radius 2 is 2.20 bits per heavy atom. The number of fused-ring (bicyclic) bond motifs is 2. The number of aromatic nitrogens is 4. The molecule has 3 aromatic heterocycles. The molecule has 2 N–H and O–H groups in total. The highest BCUT2D eigenvalue weighted by atomic mass is 19.1. The molecule has 156 valence electrons. The van der Waals surface area contributed by atoms with Gasteiger partial charge in [0.15, 0.2) is 11.6 Å². The SMILES string of the molecule is Cc1cc2c(F)c(Oc3ncnn4cc(OC[C@@H]5CNCCO5)c(C)c34)ccc2[nH]1. The quantitative estimate of drug-likeness (QED) is 0.525. The van der Waals surface area contributed by atoms with Crippen LogP contribution in [-0.4, -0.2) is 52.0 Å². The van der Waals surface area contributed by atoms with Gasteiger partial charge in [0, 0.05) is 35.2 Å². The fraction of sp³-hybridized carbons (Fsp3) is 0.333. The van der Waals surface area contributed by atoms with E-state index in [1.54, 1.807) is 28.9 Å². The Bertz CT molecular complexity index is 1210. The number of H-pyrrole nitrogens is 1. The van der Waals surface area contributed by atoms with E-state index in [1.165, 1.54) is 6.33 Å². The van der Waals surface area contributed by atoms with Crippen LogP contribution >= 0.6 is 0 Å². The van der Waals surface area contributed by atoms with Crippen molar-refractivity contribution in [2.24, 2.45) is 0 Å². The lowest BCUT2D eigenvalue weighted by molar-refractivity contribution is 0.0000927. The molecule has 30 heavy (non-hydrogen) atoms. The molecule has 1 atom stereocenters. The number of benzene rings is 1. The maximum atomic E-state index is 15.0. The first-order valence-electron chi connectivity index (χ1n) is 9.84. The van der Waals surface area contributed by atoms with Crippen LogP contribution in [0.4, 0.5) is 4.39 Å². The summed E-state index contributed by atoms with van der Waals surface area (Å²) in [6, 6.07) is 5.13. The number of halogens is 1. The summed E-state index contributed by atoms with van der Waals surface area (Å²) in [5.41, 5.74) is 3.04. The molecule has 1 aliphatic rings. The van der Waals surface area contributed by atoms with Gasteiger partial charge in [-0.2, -0.15) is 10.1 Å². The monoisotopic (exact) mass is 411 g/mol. The fourth-order valence-corrected chi connectivity index (χ4v) is 3.71. The molecule has 0 saturated carbocycles. The largest absolute Gasteiger partial charge is 0.489 e. The van der Waals surface area contributed by atoms with Crippen LogP contribution in [0, 0.1) is 19.7 Å². The molecule has 1 fully saturated rings. The molecular weight excluding hydrogens is 389 g/mol. The van der Waals surface area contributed by atoms with Gasteiger partial charge in [-0.05, 0) is 32.0 Å². The van der Waals surface area contributed by atoms with Crippen molar-refractivity contribution in [2.45, 2.75) is 20.0 Å². The van der Waals surface area contributed by atoms with Crippen LogP contribution < -0.4 is 14.8 Å². The van der Waals surface area contributed by atoms with Crippen molar-refractivity contribution >= 4 is 16.4 Å². The third-order valence-corrected chi connectivity index (χ3v) is 5.22. The minimum atomic E-state index is -0.434. The third-order valence-electron chi connectivity index (χ3n) is 5.22. The standard InChI is InChI=1S/C21H22FN5O3/c1-12-7-15-16(26-12)3-4-17(19(15)22)30-21-20-13(2)18(9-27(20)25-11-24-21)29-10-14-8-23-5-6-28-14/h3-4,7,9,11,14,23,26H,5-6,8,10H2,1-2H3/t14-/m0/s1. The highest BCUT2D eigenvalue weighted by Crippen LogP contribution is 2.34. The number of morpholine rings is 1. The first kappa shape index (κ1) is 18.8. The number of hydrogen-bond acceptors (Lipinski definition) is 6. The Morgan fingerprint density at radius 3 is 3.03 bits per heavy atom. The van der Waals surface area contributed by atoms with E-state index < -0.39 is 5.82 Å². The minimum Gasteiger partial charge on any atom is -0.489 e. The van der Waals surface area contributed by atoms with Gasteiger partial charge in [-0.15, -0.1) is 0 Å². The van der Waals surface area contributed by atoms with E-state index in [1.807, 2.05) is 13.8 Å². The second kappa shape index (κ2) is 7.58. The maximum absolute atomic E-state index is 15.0. The van der Waals surface area contributed by atoms with E-state index >= 15 is 0 Å². The molecule has 4 aromatic rings. The summed E-state index contributed by atoms with van der Waals surface area (Å²) in [6.07, 6.45) is 3.13. The molecule has 1 aromatic carbocycles. The maximum Gasteiger partial charge on any atom is 0.247 e. The predicted molar refractivity (Wildman–Crippen MR) is 109 cm³/mol. The van der Waals surface area contributed by atoms with Crippen molar-refractivity contribution in [3.63, 3.8) is 0 Å². The Balaban J connectivity index is 1.45. The molecule has 0 amide bonds. The summed E-state index contributed by atoms with van der Waals surface area (Å²) in [6.45, 7) is 6.48. The van der Waals surface area contributed by atoms with Crippen LogP contribution in [0.5, 0.6) is 17.4 Å². The third kappa shape index (κ3) is 3.35. The molecule has 0 spiro atoms. The molecule has 4 heterocycles. The summed E-state index contributed by atoms with van der Waals surface area (Å²) >= 11 is 0. The highest BCUT2D eigenvalue weighted by Gasteiger charge is 2.20.